The Balaban J connectivity index is 1.78. The molecular formula is C20H23BrO4. The van der Waals surface area contributed by atoms with Crippen LogP contribution in [-0.4, -0.2) is 17.7 Å². The largest absolute Gasteiger partial charge is 0.490 e. The lowest BCUT2D eigenvalue weighted by Crippen LogP contribution is -2.02. The first-order valence-corrected chi connectivity index (χ1v) is 9.25. The average molecular weight is 407 g/mol. The van der Waals surface area contributed by atoms with Gasteiger partial charge < -0.3 is 14.6 Å². The Labute approximate surface area is 156 Å². The number of hydrogen-bond acceptors (Lipinski definition) is 3. The van der Waals surface area contributed by atoms with E-state index in [9.17, 15) is 4.79 Å². The van der Waals surface area contributed by atoms with E-state index in [-0.39, 0.29) is 6.42 Å². The van der Waals surface area contributed by atoms with Gasteiger partial charge in [0.25, 0.3) is 0 Å². The van der Waals surface area contributed by atoms with Crippen LogP contribution in [-0.2, 0) is 11.4 Å². The Morgan fingerprint density at radius 3 is 2.44 bits per heavy atom. The number of benzene rings is 2. The summed E-state index contributed by atoms with van der Waals surface area (Å²) < 4.78 is 12.7. The molecule has 0 radical (unpaired) electrons. The zero-order chi connectivity index (χ0) is 17.9. The van der Waals surface area contributed by atoms with E-state index in [1.165, 1.54) is 0 Å². The maximum absolute atomic E-state index is 10.5. The van der Waals surface area contributed by atoms with Gasteiger partial charge in [-0.2, -0.15) is 0 Å². The lowest BCUT2D eigenvalue weighted by atomic mass is 10.1. The molecule has 0 saturated carbocycles. The van der Waals surface area contributed by atoms with E-state index in [1.807, 2.05) is 48.5 Å². The molecule has 0 saturated heterocycles. The molecule has 0 aliphatic heterocycles. The second kappa shape index (κ2) is 10.8. The average Bonchev–Trinajstić information content (AvgIpc) is 2.61. The number of aliphatic carboxylic acids is 1. The third-order valence-electron chi connectivity index (χ3n) is 3.69. The fraction of sp³-hybridized carbons (Fsp3) is 0.350. The standard InChI is InChI=1S/C20H23BrO4/c21-17-11-12-18(24-13-7-2-1-6-10-20(22)23)19(14-17)25-15-16-8-4-3-5-9-16/h3-5,8-9,11-12,14H,1-2,6-7,10,13,15H2,(H,22,23). The smallest absolute Gasteiger partial charge is 0.303 e. The van der Waals surface area contributed by atoms with Crippen LogP contribution in [0.3, 0.4) is 0 Å². The summed E-state index contributed by atoms with van der Waals surface area (Å²) in [6.07, 6.45) is 3.73. The van der Waals surface area contributed by atoms with Gasteiger partial charge >= 0.3 is 5.97 Å². The van der Waals surface area contributed by atoms with Crippen LogP contribution in [0.4, 0.5) is 0 Å². The first-order valence-electron chi connectivity index (χ1n) is 8.46. The van der Waals surface area contributed by atoms with E-state index in [0.29, 0.717) is 19.0 Å². The number of carbonyl (C=O) groups is 1. The maximum atomic E-state index is 10.5. The van der Waals surface area contributed by atoms with Crippen molar-refractivity contribution in [1.82, 2.24) is 0 Å². The predicted molar refractivity (Wildman–Crippen MR) is 101 cm³/mol. The van der Waals surface area contributed by atoms with Crippen molar-refractivity contribution >= 4 is 21.9 Å². The molecule has 1 N–H and O–H groups in total. The van der Waals surface area contributed by atoms with E-state index >= 15 is 0 Å². The Bertz CT molecular complexity index is 658. The highest BCUT2D eigenvalue weighted by Gasteiger charge is 2.07. The van der Waals surface area contributed by atoms with Gasteiger partial charge in [0.05, 0.1) is 6.61 Å². The minimum atomic E-state index is -0.730. The number of ether oxygens (including phenoxy) is 2. The normalized spacial score (nSPS) is 10.4. The number of hydrogen-bond donors (Lipinski definition) is 1. The summed E-state index contributed by atoms with van der Waals surface area (Å²) in [7, 11) is 0. The van der Waals surface area contributed by atoms with Crippen LogP contribution in [0.25, 0.3) is 0 Å². The highest BCUT2D eigenvalue weighted by molar-refractivity contribution is 9.10. The van der Waals surface area contributed by atoms with Gasteiger partial charge in [-0.05, 0) is 36.6 Å². The fourth-order valence-corrected chi connectivity index (χ4v) is 2.70. The molecular weight excluding hydrogens is 384 g/mol. The molecule has 0 amide bonds. The van der Waals surface area contributed by atoms with Crippen molar-refractivity contribution in [3.63, 3.8) is 0 Å². The van der Waals surface area contributed by atoms with Gasteiger partial charge in [0, 0.05) is 10.9 Å². The van der Waals surface area contributed by atoms with Crippen molar-refractivity contribution in [2.24, 2.45) is 0 Å². The number of halogens is 1. The van der Waals surface area contributed by atoms with Gasteiger partial charge in [-0.25, -0.2) is 0 Å². The van der Waals surface area contributed by atoms with Gasteiger partial charge in [0.15, 0.2) is 11.5 Å². The van der Waals surface area contributed by atoms with Crippen LogP contribution in [0.2, 0.25) is 0 Å². The third-order valence-corrected chi connectivity index (χ3v) is 4.18. The van der Waals surface area contributed by atoms with E-state index in [4.69, 9.17) is 14.6 Å². The predicted octanol–water partition coefficient (Wildman–Crippen LogP) is 5.44. The SMILES string of the molecule is O=C(O)CCCCCCOc1ccc(Br)cc1OCc1ccccc1. The quantitative estimate of drug-likeness (QED) is 0.504. The molecule has 0 bridgehead atoms. The molecule has 0 atom stereocenters. The summed E-state index contributed by atoms with van der Waals surface area (Å²) in [4.78, 5) is 10.5. The molecule has 2 aromatic rings. The molecule has 0 fully saturated rings. The monoisotopic (exact) mass is 406 g/mol. The van der Waals surface area contributed by atoms with Crippen molar-refractivity contribution in [1.29, 1.82) is 0 Å². The van der Waals surface area contributed by atoms with Gasteiger partial charge in [-0.3, -0.25) is 4.79 Å². The molecule has 0 aromatic heterocycles. The summed E-state index contributed by atoms with van der Waals surface area (Å²) in [6, 6.07) is 15.7. The lowest BCUT2D eigenvalue weighted by molar-refractivity contribution is -0.137. The first-order chi connectivity index (χ1) is 12.1. The first kappa shape index (κ1) is 19.3. The molecule has 0 heterocycles. The molecule has 0 aliphatic carbocycles. The topological polar surface area (TPSA) is 55.8 Å². The molecule has 2 rings (SSSR count). The van der Waals surface area contributed by atoms with Crippen LogP contribution in [0.15, 0.2) is 53.0 Å². The highest BCUT2D eigenvalue weighted by atomic mass is 79.9. The zero-order valence-electron chi connectivity index (χ0n) is 14.1. The van der Waals surface area contributed by atoms with Gasteiger partial charge in [0.1, 0.15) is 6.61 Å². The van der Waals surface area contributed by atoms with Crippen LogP contribution < -0.4 is 9.47 Å². The van der Waals surface area contributed by atoms with Crippen LogP contribution >= 0.6 is 15.9 Å². The summed E-state index contributed by atoms with van der Waals surface area (Å²) in [6.45, 7) is 1.08. The minimum absolute atomic E-state index is 0.241. The van der Waals surface area contributed by atoms with E-state index < -0.39 is 5.97 Å². The molecule has 4 nitrogen and oxygen atoms in total. The number of carboxylic acids is 1. The van der Waals surface area contributed by atoms with Gasteiger partial charge in [0.2, 0.25) is 0 Å². The molecule has 5 heteroatoms. The Kier molecular flexibility index (Phi) is 8.32. The maximum Gasteiger partial charge on any atom is 0.303 e. The highest BCUT2D eigenvalue weighted by Crippen LogP contribution is 2.31. The number of rotatable bonds is 11. The Morgan fingerprint density at radius 2 is 1.68 bits per heavy atom. The third kappa shape index (κ3) is 7.61. The molecule has 25 heavy (non-hydrogen) atoms. The Morgan fingerprint density at radius 1 is 0.920 bits per heavy atom. The molecule has 0 spiro atoms. The van der Waals surface area contributed by atoms with Crippen molar-refractivity contribution in [3.8, 4) is 11.5 Å². The summed E-state index contributed by atoms with van der Waals surface area (Å²) in [5, 5.41) is 8.61. The van der Waals surface area contributed by atoms with Crippen molar-refractivity contribution < 1.29 is 19.4 Å². The van der Waals surface area contributed by atoms with E-state index in [1.54, 1.807) is 0 Å². The minimum Gasteiger partial charge on any atom is -0.490 e. The van der Waals surface area contributed by atoms with Crippen LogP contribution in [0, 0.1) is 0 Å². The Hall–Kier alpha value is -2.01. The summed E-state index contributed by atoms with van der Waals surface area (Å²) >= 11 is 3.46. The zero-order valence-corrected chi connectivity index (χ0v) is 15.7. The van der Waals surface area contributed by atoms with Gasteiger partial charge in [-0.15, -0.1) is 0 Å². The summed E-state index contributed by atoms with van der Waals surface area (Å²) in [5.41, 5.74) is 1.10. The van der Waals surface area contributed by atoms with Crippen molar-refractivity contribution in [2.45, 2.75) is 38.7 Å². The number of carboxylic acid groups (broad SMARTS) is 1. The molecule has 134 valence electrons. The second-order valence-electron chi connectivity index (χ2n) is 5.77. The molecule has 0 aliphatic rings. The molecule has 0 unspecified atom stereocenters. The van der Waals surface area contributed by atoms with Crippen LogP contribution in [0.1, 0.15) is 37.7 Å². The number of unbranched alkanes of at least 4 members (excludes halogenated alkanes) is 3. The van der Waals surface area contributed by atoms with Gasteiger partial charge in [-0.1, -0.05) is 59.1 Å². The van der Waals surface area contributed by atoms with Crippen LogP contribution in [0.5, 0.6) is 11.5 Å². The summed E-state index contributed by atoms with van der Waals surface area (Å²) in [5.74, 6) is 0.708. The van der Waals surface area contributed by atoms with Crippen molar-refractivity contribution in [3.05, 3.63) is 58.6 Å². The van der Waals surface area contributed by atoms with E-state index in [0.717, 1.165) is 41.5 Å². The molecule has 2 aromatic carbocycles. The second-order valence-corrected chi connectivity index (χ2v) is 6.69. The fourth-order valence-electron chi connectivity index (χ4n) is 2.36. The van der Waals surface area contributed by atoms with Crippen molar-refractivity contribution in [2.75, 3.05) is 6.61 Å². The lowest BCUT2D eigenvalue weighted by Gasteiger charge is -2.13. The van der Waals surface area contributed by atoms with E-state index in [2.05, 4.69) is 15.9 Å².